The van der Waals surface area contributed by atoms with Crippen LogP contribution in [0.3, 0.4) is 0 Å². The Bertz CT molecular complexity index is 1000. The smallest absolute Gasteiger partial charge is 0.416 e. The largest absolute Gasteiger partial charge is 0.447 e. The summed E-state index contributed by atoms with van der Waals surface area (Å²) < 4.78 is 22.3. The first kappa shape index (κ1) is 30.4. The fourth-order valence-corrected chi connectivity index (χ4v) is 4.79. The Hall–Kier alpha value is -2.15. The van der Waals surface area contributed by atoms with E-state index >= 15 is 0 Å². The van der Waals surface area contributed by atoms with E-state index < -0.39 is 47.7 Å². The monoisotopic (exact) mass is 597 g/mol. The summed E-state index contributed by atoms with van der Waals surface area (Å²) >= 11 is 3.22. The Labute approximate surface area is 231 Å². The van der Waals surface area contributed by atoms with Gasteiger partial charge in [-0.3, -0.25) is 9.59 Å². The highest BCUT2D eigenvalue weighted by Gasteiger charge is 2.48. The zero-order valence-corrected chi connectivity index (χ0v) is 23.5. The summed E-state index contributed by atoms with van der Waals surface area (Å²) in [6.07, 6.45) is -0.892. The van der Waals surface area contributed by atoms with Gasteiger partial charge in [-0.05, 0) is 39.9 Å². The van der Waals surface area contributed by atoms with E-state index in [1.165, 1.54) is 13.0 Å². The molecular formula is C27H36BrNO9. The summed E-state index contributed by atoms with van der Waals surface area (Å²) in [6.45, 7) is 5.88. The van der Waals surface area contributed by atoms with E-state index in [4.69, 9.17) is 18.9 Å². The maximum absolute atomic E-state index is 13.2. The van der Waals surface area contributed by atoms with Crippen molar-refractivity contribution in [2.24, 2.45) is 11.8 Å². The number of carbonyl (C=O) groups is 3. The molecule has 1 aromatic carbocycles. The van der Waals surface area contributed by atoms with Gasteiger partial charge in [-0.1, -0.05) is 51.1 Å². The second kappa shape index (κ2) is 13.8. The van der Waals surface area contributed by atoms with Crippen LogP contribution in [-0.4, -0.2) is 83.4 Å². The maximum Gasteiger partial charge on any atom is 0.416 e. The van der Waals surface area contributed by atoms with Gasteiger partial charge in [0.05, 0.1) is 36.3 Å². The molecule has 10 nitrogen and oxygen atoms in total. The topological polar surface area (TPSA) is 132 Å². The van der Waals surface area contributed by atoms with Crippen molar-refractivity contribution in [1.82, 2.24) is 4.90 Å². The van der Waals surface area contributed by atoms with Gasteiger partial charge in [0.2, 0.25) is 5.91 Å². The van der Waals surface area contributed by atoms with Crippen molar-refractivity contribution in [1.29, 1.82) is 0 Å². The Morgan fingerprint density at radius 2 is 1.95 bits per heavy atom. The number of halogens is 1. The van der Waals surface area contributed by atoms with Crippen LogP contribution in [0.1, 0.15) is 39.2 Å². The summed E-state index contributed by atoms with van der Waals surface area (Å²) in [5.74, 6) is -3.98. The zero-order chi connectivity index (χ0) is 27.9. The van der Waals surface area contributed by atoms with Gasteiger partial charge in [-0.25, -0.2) is 9.69 Å². The first-order chi connectivity index (χ1) is 18.1. The molecule has 2 N–H and O–H groups in total. The summed E-state index contributed by atoms with van der Waals surface area (Å²) in [7, 11) is 0. The van der Waals surface area contributed by atoms with Crippen molar-refractivity contribution < 1.29 is 43.5 Å². The minimum Gasteiger partial charge on any atom is -0.447 e. The van der Waals surface area contributed by atoms with Gasteiger partial charge in [0.1, 0.15) is 18.8 Å². The second-order valence-corrected chi connectivity index (χ2v) is 10.7. The first-order valence-electron chi connectivity index (χ1n) is 12.7. The van der Waals surface area contributed by atoms with Gasteiger partial charge in [0.15, 0.2) is 11.6 Å². The fraction of sp³-hybridized carbons (Fsp3) is 0.593. The average molecular weight is 598 g/mol. The van der Waals surface area contributed by atoms with Crippen LogP contribution in [0.15, 0.2) is 40.9 Å². The number of ketones is 1. The molecule has 210 valence electrons. The molecule has 0 aliphatic carbocycles. The minimum absolute atomic E-state index is 0.0271. The van der Waals surface area contributed by atoms with E-state index in [0.29, 0.717) is 13.0 Å². The predicted molar refractivity (Wildman–Crippen MR) is 140 cm³/mol. The third kappa shape index (κ3) is 7.49. The molecule has 1 saturated heterocycles. The highest BCUT2D eigenvalue weighted by Crippen LogP contribution is 2.37. The fourth-order valence-electron chi connectivity index (χ4n) is 4.27. The lowest BCUT2D eigenvalue weighted by atomic mass is 9.93. The van der Waals surface area contributed by atoms with Gasteiger partial charge in [-0.2, -0.15) is 0 Å². The van der Waals surface area contributed by atoms with E-state index in [9.17, 15) is 24.6 Å². The van der Waals surface area contributed by atoms with Crippen LogP contribution < -0.4 is 0 Å². The van der Waals surface area contributed by atoms with Gasteiger partial charge >= 0.3 is 6.09 Å². The number of hydrogen-bond donors (Lipinski definition) is 2. The van der Waals surface area contributed by atoms with E-state index in [1.807, 2.05) is 44.2 Å². The van der Waals surface area contributed by atoms with Crippen LogP contribution in [0.5, 0.6) is 0 Å². The molecular weight excluding hydrogens is 562 g/mol. The molecule has 5 unspecified atom stereocenters. The standard InChI is InChI=1S/C27H36BrNO9/c1-17(2)21-16-37-26(33)29(21)25(32)18(3)24-22(31)12-23(28)27(34,38-24)10-7-11-35-15-20(13-30)36-14-19-8-5-4-6-9-19/h4-6,8-9,12,17-18,20-21,24,30,34H,7,10-11,13-16H2,1-3H3. The normalized spacial score (nSPS) is 25.3. The minimum atomic E-state index is -1.85. The third-order valence-electron chi connectivity index (χ3n) is 6.64. The average Bonchev–Trinajstić information content (AvgIpc) is 3.29. The van der Waals surface area contributed by atoms with Gasteiger partial charge < -0.3 is 29.2 Å². The summed E-state index contributed by atoms with van der Waals surface area (Å²) in [5.41, 5.74) is 0.984. The van der Waals surface area contributed by atoms with Crippen molar-refractivity contribution in [3.63, 3.8) is 0 Å². The number of imide groups is 1. The Kier molecular flexibility index (Phi) is 11.0. The molecule has 11 heteroatoms. The Morgan fingerprint density at radius 1 is 1.24 bits per heavy atom. The number of benzene rings is 1. The number of aliphatic hydroxyl groups excluding tert-OH is 1. The van der Waals surface area contributed by atoms with E-state index in [1.54, 1.807) is 0 Å². The lowest BCUT2D eigenvalue weighted by Crippen LogP contribution is -2.52. The highest BCUT2D eigenvalue weighted by molar-refractivity contribution is 9.11. The summed E-state index contributed by atoms with van der Waals surface area (Å²) in [5, 5.41) is 20.7. The zero-order valence-electron chi connectivity index (χ0n) is 21.9. The maximum atomic E-state index is 13.2. The van der Waals surface area contributed by atoms with Crippen LogP contribution >= 0.6 is 15.9 Å². The lowest BCUT2D eigenvalue weighted by Gasteiger charge is -2.38. The summed E-state index contributed by atoms with van der Waals surface area (Å²) in [6, 6.07) is 9.15. The quantitative estimate of drug-likeness (QED) is 0.329. The Balaban J connectivity index is 1.51. The molecule has 0 saturated carbocycles. The first-order valence-corrected chi connectivity index (χ1v) is 13.5. The number of cyclic esters (lactones) is 1. The van der Waals surface area contributed by atoms with E-state index in [2.05, 4.69) is 15.9 Å². The van der Waals surface area contributed by atoms with Gasteiger partial charge in [0.25, 0.3) is 0 Å². The van der Waals surface area contributed by atoms with Crippen molar-refractivity contribution in [2.45, 2.75) is 64.3 Å². The molecule has 2 aliphatic heterocycles. The third-order valence-corrected chi connectivity index (χ3v) is 7.49. The molecule has 2 aliphatic rings. The van der Waals surface area contributed by atoms with Crippen LogP contribution in [0, 0.1) is 11.8 Å². The van der Waals surface area contributed by atoms with Crippen molar-refractivity contribution >= 4 is 33.7 Å². The van der Waals surface area contributed by atoms with Gasteiger partial charge in [0, 0.05) is 13.0 Å². The van der Waals surface area contributed by atoms with Crippen LogP contribution in [0.2, 0.25) is 0 Å². The SMILES string of the molecule is CC(C)C1COC(=O)N1C(=O)C(C)C1OC(O)(CCCOCC(CO)OCc2ccccc2)C(Br)=CC1=O. The molecule has 2 amide bonds. The van der Waals surface area contributed by atoms with E-state index in [0.717, 1.165) is 10.5 Å². The number of nitrogens with zero attached hydrogens (tertiary/aromatic N) is 1. The molecule has 0 spiro atoms. The predicted octanol–water partition coefficient (Wildman–Crippen LogP) is 2.94. The molecule has 1 aromatic rings. The molecule has 5 atom stereocenters. The van der Waals surface area contributed by atoms with Crippen LogP contribution in [-0.2, 0) is 35.1 Å². The van der Waals surface area contributed by atoms with Crippen LogP contribution in [0.25, 0.3) is 0 Å². The van der Waals surface area contributed by atoms with Crippen LogP contribution in [0.4, 0.5) is 4.79 Å². The Morgan fingerprint density at radius 3 is 2.61 bits per heavy atom. The molecule has 0 aromatic heterocycles. The lowest BCUT2D eigenvalue weighted by molar-refractivity contribution is -0.218. The number of aliphatic hydroxyl groups is 2. The molecule has 0 bridgehead atoms. The highest BCUT2D eigenvalue weighted by atomic mass is 79.9. The number of rotatable bonds is 13. The number of amides is 2. The van der Waals surface area contributed by atoms with Crippen molar-refractivity contribution in [2.75, 3.05) is 26.4 Å². The van der Waals surface area contributed by atoms with Gasteiger partial charge in [-0.15, -0.1) is 0 Å². The molecule has 3 rings (SSSR count). The second-order valence-electron chi connectivity index (χ2n) is 9.88. The number of ether oxygens (including phenoxy) is 4. The molecule has 1 fully saturated rings. The number of hydrogen-bond acceptors (Lipinski definition) is 9. The molecule has 38 heavy (non-hydrogen) atoms. The van der Waals surface area contributed by atoms with Crippen molar-refractivity contribution in [3.05, 3.63) is 46.5 Å². The number of carbonyl (C=O) groups excluding carboxylic acids is 3. The van der Waals surface area contributed by atoms with E-state index in [-0.39, 0.29) is 43.2 Å². The summed E-state index contributed by atoms with van der Waals surface area (Å²) in [4.78, 5) is 39.1. The van der Waals surface area contributed by atoms with Crippen molar-refractivity contribution in [3.8, 4) is 0 Å². The molecule has 0 radical (unpaired) electrons. The molecule has 2 heterocycles.